The highest BCUT2D eigenvalue weighted by atomic mass is 79.9. The minimum absolute atomic E-state index is 0.0132. The zero-order valence-electron chi connectivity index (χ0n) is 10.7. The fourth-order valence-corrected chi connectivity index (χ4v) is 2.02. The molecule has 0 saturated carbocycles. The number of hydrogen-bond acceptors (Lipinski definition) is 2. The van der Waals surface area contributed by atoms with E-state index in [1.54, 1.807) is 4.90 Å². The van der Waals surface area contributed by atoms with Crippen molar-refractivity contribution in [2.75, 3.05) is 13.1 Å². The molecule has 1 amide bonds. The van der Waals surface area contributed by atoms with E-state index in [1.807, 2.05) is 38.1 Å². The average Bonchev–Trinajstić information content (AvgIpc) is 2.43. The van der Waals surface area contributed by atoms with Gasteiger partial charge in [0.05, 0.1) is 12.0 Å². The first-order chi connectivity index (χ1) is 8.62. The van der Waals surface area contributed by atoms with E-state index in [0.717, 1.165) is 10.9 Å². The lowest BCUT2D eigenvalue weighted by molar-refractivity contribution is 0.0752. The fraction of sp³-hybridized carbons (Fsp3) is 0.429. The summed E-state index contributed by atoms with van der Waals surface area (Å²) in [4.78, 5) is 13.9. The third kappa shape index (κ3) is 3.85. The van der Waals surface area contributed by atoms with E-state index in [-0.39, 0.29) is 11.8 Å². The van der Waals surface area contributed by atoms with E-state index in [1.165, 1.54) is 0 Å². The molecule has 96 valence electrons. The molecule has 1 unspecified atom stereocenters. The molecular weight excluding hydrogens is 292 g/mol. The largest absolute Gasteiger partial charge is 0.338 e. The molecule has 1 aromatic carbocycles. The van der Waals surface area contributed by atoms with Crippen molar-refractivity contribution in [2.45, 2.75) is 19.2 Å². The van der Waals surface area contributed by atoms with Crippen molar-refractivity contribution in [1.29, 1.82) is 5.26 Å². The molecule has 0 aliphatic carbocycles. The van der Waals surface area contributed by atoms with E-state index in [4.69, 9.17) is 5.26 Å². The predicted molar refractivity (Wildman–Crippen MR) is 75.4 cm³/mol. The van der Waals surface area contributed by atoms with Gasteiger partial charge in [-0.1, -0.05) is 28.1 Å². The Morgan fingerprint density at radius 2 is 2.06 bits per heavy atom. The first-order valence-electron chi connectivity index (χ1n) is 5.96. The SMILES string of the molecule is CCN(CC(C)C#N)C(=O)c1ccc(CBr)cc1. The van der Waals surface area contributed by atoms with Crippen molar-refractivity contribution in [1.82, 2.24) is 4.90 Å². The molecule has 1 aromatic rings. The lowest BCUT2D eigenvalue weighted by Crippen LogP contribution is -2.34. The summed E-state index contributed by atoms with van der Waals surface area (Å²) in [7, 11) is 0. The van der Waals surface area contributed by atoms with Gasteiger partial charge >= 0.3 is 0 Å². The fourth-order valence-electron chi connectivity index (χ4n) is 1.65. The zero-order valence-corrected chi connectivity index (χ0v) is 12.3. The van der Waals surface area contributed by atoms with Crippen LogP contribution in [-0.4, -0.2) is 23.9 Å². The molecule has 18 heavy (non-hydrogen) atoms. The van der Waals surface area contributed by atoms with Gasteiger partial charge in [0, 0.05) is 24.0 Å². The Hall–Kier alpha value is -1.34. The smallest absolute Gasteiger partial charge is 0.253 e. The predicted octanol–water partition coefficient (Wildman–Crippen LogP) is 3.20. The summed E-state index contributed by atoms with van der Waals surface area (Å²) < 4.78 is 0. The summed E-state index contributed by atoms with van der Waals surface area (Å²) in [6.07, 6.45) is 0. The van der Waals surface area contributed by atoms with Crippen LogP contribution in [0.4, 0.5) is 0 Å². The van der Waals surface area contributed by atoms with Gasteiger partial charge in [0.2, 0.25) is 0 Å². The highest BCUT2D eigenvalue weighted by Crippen LogP contribution is 2.11. The maximum absolute atomic E-state index is 12.2. The van der Waals surface area contributed by atoms with Crippen LogP contribution in [0.15, 0.2) is 24.3 Å². The van der Waals surface area contributed by atoms with E-state index < -0.39 is 0 Å². The highest BCUT2D eigenvalue weighted by Gasteiger charge is 2.16. The molecule has 1 atom stereocenters. The summed E-state index contributed by atoms with van der Waals surface area (Å²) in [5.41, 5.74) is 1.81. The number of rotatable bonds is 5. The molecule has 1 rings (SSSR count). The summed E-state index contributed by atoms with van der Waals surface area (Å²) in [5, 5.41) is 9.59. The maximum atomic E-state index is 12.2. The number of nitriles is 1. The molecule has 0 saturated heterocycles. The van der Waals surface area contributed by atoms with Gasteiger partial charge < -0.3 is 4.90 Å². The quantitative estimate of drug-likeness (QED) is 0.784. The first-order valence-corrected chi connectivity index (χ1v) is 7.08. The standard InChI is InChI=1S/C14H17BrN2O/c1-3-17(10-11(2)9-16)14(18)13-6-4-12(8-15)5-7-13/h4-7,11H,3,8,10H2,1-2H3. The number of halogens is 1. The minimum atomic E-state index is -0.143. The maximum Gasteiger partial charge on any atom is 0.253 e. The van der Waals surface area contributed by atoms with E-state index in [2.05, 4.69) is 22.0 Å². The summed E-state index contributed by atoms with van der Waals surface area (Å²) >= 11 is 3.37. The van der Waals surface area contributed by atoms with Gasteiger partial charge in [0.15, 0.2) is 0 Å². The molecule has 0 radical (unpaired) electrons. The normalized spacial score (nSPS) is 11.7. The van der Waals surface area contributed by atoms with Crippen molar-refractivity contribution in [3.05, 3.63) is 35.4 Å². The summed E-state index contributed by atoms with van der Waals surface area (Å²) in [6.45, 7) is 4.84. The van der Waals surface area contributed by atoms with Gasteiger partial charge in [-0.2, -0.15) is 5.26 Å². The van der Waals surface area contributed by atoms with Crippen molar-refractivity contribution in [3.8, 4) is 6.07 Å². The topological polar surface area (TPSA) is 44.1 Å². The van der Waals surface area contributed by atoms with Crippen LogP contribution in [0.2, 0.25) is 0 Å². The molecule has 0 bridgehead atoms. The molecule has 0 aromatic heterocycles. The summed E-state index contributed by atoms with van der Waals surface area (Å²) in [6, 6.07) is 9.69. The van der Waals surface area contributed by atoms with Gasteiger partial charge in [-0.3, -0.25) is 4.79 Å². The van der Waals surface area contributed by atoms with Gasteiger partial charge in [-0.05, 0) is 31.5 Å². The zero-order chi connectivity index (χ0) is 13.5. The second-order valence-corrected chi connectivity index (χ2v) is 4.77. The van der Waals surface area contributed by atoms with Crippen LogP contribution < -0.4 is 0 Å². The highest BCUT2D eigenvalue weighted by molar-refractivity contribution is 9.08. The molecule has 3 nitrogen and oxygen atoms in total. The number of carbonyl (C=O) groups excluding carboxylic acids is 1. The minimum Gasteiger partial charge on any atom is -0.338 e. The summed E-state index contributed by atoms with van der Waals surface area (Å²) in [5.74, 6) is -0.156. The van der Waals surface area contributed by atoms with Crippen molar-refractivity contribution in [3.63, 3.8) is 0 Å². The lowest BCUT2D eigenvalue weighted by atomic mass is 10.1. The number of hydrogen-bond donors (Lipinski definition) is 0. The van der Waals surface area contributed by atoms with E-state index in [9.17, 15) is 4.79 Å². The molecule has 0 N–H and O–H groups in total. The first kappa shape index (κ1) is 14.7. The third-order valence-electron chi connectivity index (χ3n) is 2.74. The van der Waals surface area contributed by atoms with Gasteiger partial charge in [0.1, 0.15) is 0 Å². The van der Waals surface area contributed by atoms with Crippen molar-refractivity contribution in [2.24, 2.45) is 5.92 Å². The Morgan fingerprint density at radius 1 is 1.44 bits per heavy atom. The monoisotopic (exact) mass is 308 g/mol. The van der Waals surface area contributed by atoms with Crippen LogP contribution >= 0.6 is 15.9 Å². The van der Waals surface area contributed by atoms with Gasteiger partial charge in [0.25, 0.3) is 5.91 Å². The van der Waals surface area contributed by atoms with Crippen LogP contribution in [-0.2, 0) is 5.33 Å². The molecule has 0 aliphatic heterocycles. The van der Waals surface area contributed by atoms with Crippen LogP contribution in [0.1, 0.15) is 29.8 Å². The van der Waals surface area contributed by atoms with Crippen molar-refractivity contribution >= 4 is 21.8 Å². The van der Waals surface area contributed by atoms with Crippen molar-refractivity contribution < 1.29 is 4.79 Å². The Labute approximate surface area is 117 Å². The number of amides is 1. The second-order valence-electron chi connectivity index (χ2n) is 4.20. The Kier molecular flexibility index (Phi) is 5.87. The van der Waals surface area contributed by atoms with Crippen LogP contribution in [0.3, 0.4) is 0 Å². The van der Waals surface area contributed by atoms with E-state index >= 15 is 0 Å². The lowest BCUT2D eigenvalue weighted by Gasteiger charge is -2.22. The third-order valence-corrected chi connectivity index (χ3v) is 3.39. The molecule has 4 heteroatoms. The van der Waals surface area contributed by atoms with Crippen LogP contribution in [0, 0.1) is 17.2 Å². The number of alkyl halides is 1. The second kappa shape index (κ2) is 7.17. The number of carbonyl (C=O) groups is 1. The number of benzene rings is 1. The Morgan fingerprint density at radius 3 is 2.50 bits per heavy atom. The van der Waals surface area contributed by atoms with Gasteiger partial charge in [-0.25, -0.2) is 0 Å². The number of nitrogens with zero attached hydrogens (tertiary/aromatic N) is 2. The molecule has 0 spiro atoms. The molecule has 0 heterocycles. The van der Waals surface area contributed by atoms with Gasteiger partial charge in [-0.15, -0.1) is 0 Å². The Balaban J connectivity index is 2.80. The molecular formula is C14H17BrN2O. The van der Waals surface area contributed by atoms with Crippen LogP contribution in [0.5, 0.6) is 0 Å². The Bertz CT molecular complexity index is 436. The van der Waals surface area contributed by atoms with Crippen LogP contribution in [0.25, 0.3) is 0 Å². The van der Waals surface area contributed by atoms with E-state index in [0.29, 0.717) is 18.7 Å². The molecule has 0 fully saturated rings. The average molecular weight is 309 g/mol. The molecule has 0 aliphatic rings.